The van der Waals surface area contributed by atoms with Gasteiger partial charge in [-0.05, 0) is 12.8 Å². The Labute approximate surface area is 140 Å². The first-order valence-corrected chi connectivity index (χ1v) is 10.0. The lowest BCUT2D eigenvalue weighted by atomic mass is 9.93. The molecule has 0 aliphatic heterocycles. The second-order valence-corrected chi connectivity index (χ2v) is 7.74. The third-order valence-corrected chi connectivity index (χ3v) is 4.63. The van der Waals surface area contributed by atoms with Crippen LogP contribution in [0.4, 0.5) is 0 Å². The van der Waals surface area contributed by atoms with Crippen molar-refractivity contribution in [2.24, 2.45) is 5.92 Å². The summed E-state index contributed by atoms with van der Waals surface area (Å²) >= 11 is 0. The van der Waals surface area contributed by atoms with E-state index in [9.17, 15) is 5.21 Å². The van der Waals surface area contributed by atoms with Gasteiger partial charge in [0.15, 0.2) is 0 Å². The highest BCUT2D eigenvalue weighted by molar-refractivity contribution is 4.61. The first-order valence-electron chi connectivity index (χ1n) is 10.0. The SMILES string of the molecule is CCCCCCCCC(CCCCCCCC)C[N+](C)(C)[O-]. The quantitative estimate of drug-likeness (QED) is 0.177. The first kappa shape index (κ1) is 21.9. The Balaban J connectivity index is 3.80. The van der Waals surface area contributed by atoms with E-state index in [1.54, 1.807) is 14.1 Å². The van der Waals surface area contributed by atoms with E-state index in [1.807, 2.05) is 0 Å². The molecule has 134 valence electrons. The minimum absolute atomic E-state index is 0.115. The van der Waals surface area contributed by atoms with E-state index in [4.69, 9.17) is 0 Å². The van der Waals surface area contributed by atoms with Crippen molar-refractivity contribution >= 4 is 0 Å². The van der Waals surface area contributed by atoms with E-state index in [0.29, 0.717) is 5.92 Å². The Bertz CT molecular complexity index is 206. The van der Waals surface area contributed by atoms with Crippen molar-refractivity contribution in [2.75, 3.05) is 20.6 Å². The summed E-state index contributed by atoms with van der Waals surface area (Å²) in [5.74, 6) is 0.643. The first-order chi connectivity index (χ1) is 10.5. The lowest BCUT2D eigenvalue weighted by Crippen LogP contribution is -2.37. The molecule has 0 unspecified atom stereocenters. The molecule has 0 bridgehead atoms. The predicted octanol–water partition coefficient (Wildman–Crippen LogP) is 6.68. The van der Waals surface area contributed by atoms with E-state index in [2.05, 4.69) is 13.8 Å². The molecule has 2 heteroatoms. The van der Waals surface area contributed by atoms with Crippen LogP contribution in [0.2, 0.25) is 0 Å². The highest BCUT2D eigenvalue weighted by Crippen LogP contribution is 2.21. The van der Waals surface area contributed by atoms with Crippen LogP contribution in [0.1, 0.15) is 104 Å². The molecular weight excluding hydrogens is 270 g/mol. The highest BCUT2D eigenvalue weighted by Gasteiger charge is 2.15. The van der Waals surface area contributed by atoms with Crippen molar-refractivity contribution < 1.29 is 4.65 Å². The molecule has 0 fully saturated rings. The van der Waals surface area contributed by atoms with Crippen LogP contribution in [0.3, 0.4) is 0 Å². The fourth-order valence-corrected chi connectivity index (χ4v) is 3.38. The number of hydrogen-bond acceptors (Lipinski definition) is 1. The summed E-state index contributed by atoms with van der Waals surface area (Å²) in [7, 11) is 3.60. The molecule has 0 heterocycles. The van der Waals surface area contributed by atoms with E-state index in [0.717, 1.165) is 6.54 Å². The molecule has 0 aliphatic carbocycles. The molecule has 0 aliphatic rings. The molecule has 0 saturated heterocycles. The minimum atomic E-state index is -0.115. The van der Waals surface area contributed by atoms with Gasteiger partial charge in [-0.2, -0.15) is 0 Å². The molecule has 0 saturated carbocycles. The van der Waals surface area contributed by atoms with Crippen LogP contribution in [0.5, 0.6) is 0 Å². The summed E-state index contributed by atoms with van der Waals surface area (Å²) in [5.41, 5.74) is 0. The van der Waals surface area contributed by atoms with Crippen LogP contribution in [0.15, 0.2) is 0 Å². The molecule has 0 N–H and O–H groups in total. The summed E-state index contributed by atoms with van der Waals surface area (Å²) in [6.07, 6.45) is 18.9. The van der Waals surface area contributed by atoms with Crippen molar-refractivity contribution in [1.29, 1.82) is 0 Å². The summed E-state index contributed by atoms with van der Waals surface area (Å²) < 4.78 is -0.115. The number of quaternary nitrogens is 1. The Morgan fingerprint density at radius 1 is 0.636 bits per heavy atom. The Morgan fingerprint density at radius 2 is 1.00 bits per heavy atom. The van der Waals surface area contributed by atoms with Gasteiger partial charge in [0.1, 0.15) is 0 Å². The maximum absolute atomic E-state index is 12.0. The molecule has 22 heavy (non-hydrogen) atoms. The molecule has 0 spiro atoms. The van der Waals surface area contributed by atoms with E-state index < -0.39 is 0 Å². The van der Waals surface area contributed by atoms with Crippen LogP contribution < -0.4 is 0 Å². The fourth-order valence-electron chi connectivity index (χ4n) is 3.38. The van der Waals surface area contributed by atoms with Crippen molar-refractivity contribution in [1.82, 2.24) is 0 Å². The standard InChI is InChI=1S/C20H43NO/c1-5-7-9-11-13-15-17-20(19-21(3,4)22)18-16-14-12-10-8-6-2/h20H,5-19H2,1-4H3. The number of unbranched alkanes of at least 4 members (excludes halogenated alkanes) is 10. The van der Waals surface area contributed by atoms with Crippen LogP contribution in [-0.4, -0.2) is 25.3 Å². The predicted molar refractivity (Wildman–Crippen MR) is 99.8 cm³/mol. The summed E-state index contributed by atoms with van der Waals surface area (Å²) in [4.78, 5) is 0. The van der Waals surface area contributed by atoms with Gasteiger partial charge < -0.3 is 9.85 Å². The van der Waals surface area contributed by atoms with E-state index in [1.165, 1.54) is 89.9 Å². The summed E-state index contributed by atoms with van der Waals surface area (Å²) in [6, 6.07) is 0. The van der Waals surface area contributed by atoms with Gasteiger partial charge in [-0.3, -0.25) is 0 Å². The van der Waals surface area contributed by atoms with Crippen LogP contribution in [-0.2, 0) is 0 Å². The largest absolute Gasteiger partial charge is 0.633 e. The molecule has 0 aromatic carbocycles. The molecule has 0 radical (unpaired) electrons. The maximum Gasteiger partial charge on any atom is 0.0808 e. The average Bonchev–Trinajstić information content (AvgIpc) is 2.44. The van der Waals surface area contributed by atoms with Crippen LogP contribution >= 0.6 is 0 Å². The zero-order valence-electron chi connectivity index (χ0n) is 16.0. The molecule has 0 atom stereocenters. The molecule has 0 amide bonds. The molecule has 0 rings (SSSR count). The smallest absolute Gasteiger partial charge is 0.0808 e. The van der Waals surface area contributed by atoms with Gasteiger partial charge in [0.2, 0.25) is 0 Å². The molecule has 2 nitrogen and oxygen atoms in total. The number of rotatable bonds is 16. The lowest BCUT2D eigenvalue weighted by molar-refractivity contribution is -0.843. The van der Waals surface area contributed by atoms with Gasteiger partial charge in [0, 0.05) is 5.92 Å². The second kappa shape index (κ2) is 14.5. The number of hydrogen-bond donors (Lipinski definition) is 0. The third-order valence-electron chi connectivity index (χ3n) is 4.63. The van der Waals surface area contributed by atoms with Gasteiger partial charge in [-0.25, -0.2) is 0 Å². The molecule has 0 aromatic rings. The van der Waals surface area contributed by atoms with Gasteiger partial charge in [-0.1, -0.05) is 90.9 Å². The monoisotopic (exact) mass is 313 g/mol. The average molecular weight is 314 g/mol. The topological polar surface area (TPSA) is 23.1 Å². The molecular formula is C20H43NO. The Hall–Kier alpha value is -0.0800. The molecule has 0 aromatic heterocycles. The van der Waals surface area contributed by atoms with Crippen molar-refractivity contribution in [2.45, 2.75) is 104 Å². The van der Waals surface area contributed by atoms with Gasteiger partial charge >= 0.3 is 0 Å². The maximum atomic E-state index is 12.0. The summed E-state index contributed by atoms with van der Waals surface area (Å²) in [5, 5.41) is 12.0. The van der Waals surface area contributed by atoms with Crippen molar-refractivity contribution in [3.05, 3.63) is 5.21 Å². The van der Waals surface area contributed by atoms with Crippen LogP contribution in [0.25, 0.3) is 0 Å². The zero-order chi connectivity index (χ0) is 16.7. The lowest BCUT2D eigenvalue weighted by Gasteiger charge is -2.37. The number of hydroxylamine groups is 3. The minimum Gasteiger partial charge on any atom is -0.633 e. The van der Waals surface area contributed by atoms with Crippen molar-refractivity contribution in [3.63, 3.8) is 0 Å². The normalized spacial score (nSPS) is 12.3. The van der Waals surface area contributed by atoms with Crippen molar-refractivity contribution in [3.8, 4) is 0 Å². The number of nitrogens with zero attached hydrogens (tertiary/aromatic N) is 1. The summed E-state index contributed by atoms with van der Waals surface area (Å²) in [6.45, 7) is 5.35. The van der Waals surface area contributed by atoms with E-state index in [-0.39, 0.29) is 4.65 Å². The fraction of sp³-hybridized carbons (Fsp3) is 1.00. The zero-order valence-corrected chi connectivity index (χ0v) is 16.0. The van der Waals surface area contributed by atoms with Gasteiger partial charge in [-0.15, -0.1) is 0 Å². The van der Waals surface area contributed by atoms with Crippen LogP contribution in [0, 0.1) is 11.1 Å². The highest BCUT2D eigenvalue weighted by atomic mass is 16.5. The Kier molecular flexibility index (Phi) is 14.5. The van der Waals surface area contributed by atoms with E-state index >= 15 is 0 Å². The second-order valence-electron chi connectivity index (χ2n) is 7.74. The third kappa shape index (κ3) is 16.3. The van der Waals surface area contributed by atoms with Gasteiger partial charge in [0.05, 0.1) is 20.6 Å². The Morgan fingerprint density at radius 3 is 1.36 bits per heavy atom. The van der Waals surface area contributed by atoms with Gasteiger partial charge in [0.25, 0.3) is 0 Å².